The highest BCUT2D eigenvalue weighted by Gasteiger charge is 2.42. The minimum atomic E-state index is -0.436. The quantitative estimate of drug-likeness (QED) is 0.350. The van der Waals surface area contributed by atoms with Crippen molar-refractivity contribution in [1.29, 1.82) is 0 Å². The summed E-state index contributed by atoms with van der Waals surface area (Å²) >= 11 is 3.00. The molecule has 0 N–H and O–H groups in total. The maximum absolute atomic E-state index is 13.3. The first-order chi connectivity index (χ1) is 17.4. The molecular formula is C25H31N3O6S2. The Morgan fingerprint density at radius 2 is 1.94 bits per heavy atom. The first-order valence-electron chi connectivity index (χ1n) is 12.0. The first-order valence-corrected chi connectivity index (χ1v) is 13.8. The van der Waals surface area contributed by atoms with Crippen molar-refractivity contribution < 1.29 is 28.6 Å². The Bertz CT molecular complexity index is 1070. The molecule has 11 heteroatoms. The molecule has 0 spiro atoms. The van der Waals surface area contributed by atoms with E-state index in [-0.39, 0.29) is 30.8 Å². The van der Waals surface area contributed by atoms with E-state index in [1.54, 1.807) is 25.4 Å². The minimum absolute atomic E-state index is 0.00849. The van der Waals surface area contributed by atoms with E-state index in [0.29, 0.717) is 50.4 Å². The largest absolute Gasteiger partial charge is 0.466 e. The van der Waals surface area contributed by atoms with Crippen molar-refractivity contribution >= 4 is 46.1 Å². The number of carbonyl (C=O) groups excluding carboxylic acids is 3. The van der Waals surface area contributed by atoms with Gasteiger partial charge in [0.05, 0.1) is 36.8 Å². The van der Waals surface area contributed by atoms with E-state index in [2.05, 4.69) is 4.99 Å². The maximum atomic E-state index is 13.3. The lowest BCUT2D eigenvalue weighted by molar-refractivity contribution is -0.151. The Kier molecular flexibility index (Phi) is 8.86. The van der Waals surface area contributed by atoms with Gasteiger partial charge in [0.15, 0.2) is 5.17 Å². The van der Waals surface area contributed by atoms with Crippen LogP contribution in [0.4, 0.5) is 0 Å². The summed E-state index contributed by atoms with van der Waals surface area (Å²) < 4.78 is 15.6. The summed E-state index contributed by atoms with van der Waals surface area (Å²) in [4.78, 5) is 47.9. The van der Waals surface area contributed by atoms with Crippen LogP contribution in [0.2, 0.25) is 0 Å². The maximum Gasteiger partial charge on any atom is 0.338 e. The number of thiophene rings is 1. The third kappa shape index (κ3) is 5.68. The number of hydrogen-bond acceptors (Lipinski definition) is 10. The van der Waals surface area contributed by atoms with E-state index in [4.69, 9.17) is 14.2 Å². The third-order valence-corrected chi connectivity index (χ3v) is 8.17. The number of amidine groups is 1. The van der Waals surface area contributed by atoms with Gasteiger partial charge in [-0.3, -0.25) is 9.59 Å². The highest BCUT2D eigenvalue weighted by molar-refractivity contribution is 8.16. The van der Waals surface area contributed by atoms with Crippen LogP contribution in [0.15, 0.2) is 44.9 Å². The fraction of sp³-hybridized carbons (Fsp3) is 0.520. The summed E-state index contributed by atoms with van der Waals surface area (Å²) in [5.41, 5.74) is 1.87. The standard InChI is InChI=1S/C25H31N3O6S2/c1-4-33-23(30)17-7-9-27(10-8-17)20(29)14-18-15-36-25-26-16(2)21(24(31)34-12-11-32-3)22(28(18)25)19-6-5-13-35-19/h5-6,13,15,17,22H,4,7-12,14H2,1-3H3. The second-order valence-electron chi connectivity index (χ2n) is 8.62. The topological polar surface area (TPSA) is 97.7 Å². The average Bonchev–Trinajstić information content (AvgIpc) is 3.54. The van der Waals surface area contributed by atoms with Crippen LogP contribution in [0.5, 0.6) is 0 Å². The molecule has 1 saturated heterocycles. The minimum Gasteiger partial charge on any atom is -0.466 e. The fourth-order valence-corrected chi connectivity index (χ4v) is 6.32. The molecule has 36 heavy (non-hydrogen) atoms. The zero-order chi connectivity index (χ0) is 25.7. The van der Waals surface area contributed by atoms with Crippen LogP contribution in [-0.2, 0) is 28.6 Å². The molecule has 0 aromatic carbocycles. The van der Waals surface area contributed by atoms with Gasteiger partial charge in [0, 0.05) is 30.8 Å². The van der Waals surface area contributed by atoms with E-state index in [9.17, 15) is 14.4 Å². The Morgan fingerprint density at radius 1 is 1.17 bits per heavy atom. The molecule has 1 aromatic rings. The molecule has 0 bridgehead atoms. The predicted molar refractivity (Wildman–Crippen MR) is 138 cm³/mol. The van der Waals surface area contributed by atoms with Crippen molar-refractivity contribution in [1.82, 2.24) is 9.80 Å². The highest BCUT2D eigenvalue weighted by Crippen LogP contribution is 2.46. The number of fused-ring (bicyclic) bond motifs is 1. The van der Waals surface area contributed by atoms with Gasteiger partial charge in [-0.15, -0.1) is 11.3 Å². The molecule has 9 nitrogen and oxygen atoms in total. The van der Waals surface area contributed by atoms with Gasteiger partial charge in [0.25, 0.3) is 0 Å². The summed E-state index contributed by atoms with van der Waals surface area (Å²) in [5, 5.41) is 4.65. The van der Waals surface area contributed by atoms with Crippen LogP contribution in [-0.4, -0.2) is 72.8 Å². The monoisotopic (exact) mass is 533 g/mol. The second-order valence-corrected chi connectivity index (χ2v) is 10.4. The van der Waals surface area contributed by atoms with Crippen molar-refractivity contribution in [3.8, 4) is 0 Å². The van der Waals surface area contributed by atoms with E-state index in [1.165, 1.54) is 11.8 Å². The lowest BCUT2D eigenvalue weighted by atomic mass is 9.96. The number of nitrogens with zero attached hydrogens (tertiary/aromatic N) is 3. The number of aliphatic imine (C=N–C) groups is 1. The SMILES string of the molecule is CCOC(=O)C1CCN(C(=O)CC2=CSC3=NC(C)=C(C(=O)OCCOC)C(c4cccs4)N23)CC1. The molecule has 1 amide bonds. The molecule has 1 unspecified atom stereocenters. The van der Waals surface area contributed by atoms with Crippen LogP contribution < -0.4 is 0 Å². The smallest absolute Gasteiger partial charge is 0.338 e. The number of rotatable bonds is 9. The molecule has 0 saturated carbocycles. The van der Waals surface area contributed by atoms with Crippen LogP contribution in [0.3, 0.4) is 0 Å². The van der Waals surface area contributed by atoms with Gasteiger partial charge in [-0.1, -0.05) is 17.8 Å². The van der Waals surface area contributed by atoms with Gasteiger partial charge in [0.2, 0.25) is 5.91 Å². The zero-order valence-electron chi connectivity index (χ0n) is 20.7. The number of hydrogen-bond donors (Lipinski definition) is 0. The van der Waals surface area contributed by atoms with Crippen molar-refractivity contribution in [2.24, 2.45) is 10.9 Å². The normalized spacial score (nSPS) is 20.1. The number of ether oxygens (including phenoxy) is 3. The number of allylic oxidation sites excluding steroid dienone is 1. The van der Waals surface area contributed by atoms with Gasteiger partial charge in [0.1, 0.15) is 12.6 Å². The van der Waals surface area contributed by atoms with Crippen LogP contribution in [0, 0.1) is 5.92 Å². The van der Waals surface area contributed by atoms with Gasteiger partial charge in [-0.05, 0) is 43.5 Å². The molecular weight excluding hydrogens is 502 g/mol. The van der Waals surface area contributed by atoms with E-state index in [0.717, 1.165) is 15.7 Å². The highest BCUT2D eigenvalue weighted by atomic mass is 32.2. The lowest BCUT2D eigenvalue weighted by Crippen LogP contribution is -2.42. The summed E-state index contributed by atoms with van der Waals surface area (Å²) in [6, 6.07) is 3.51. The molecule has 3 aliphatic heterocycles. The average molecular weight is 534 g/mol. The second kappa shape index (κ2) is 12.1. The molecule has 194 valence electrons. The van der Waals surface area contributed by atoms with E-state index >= 15 is 0 Å². The van der Waals surface area contributed by atoms with Crippen molar-refractivity contribution in [3.63, 3.8) is 0 Å². The molecule has 1 aromatic heterocycles. The lowest BCUT2D eigenvalue weighted by Gasteiger charge is -2.36. The summed E-state index contributed by atoms with van der Waals surface area (Å²) in [6.07, 6.45) is 1.39. The number of likely N-dealkylation sites (tertiary alicyclic amines) is 1. The Hall–Kier alpha value is -2.63. The molecule has 0 aliphatic carbocycles. The van der Waals surface area contributed by atoms with Crippen LogP contribution in [0.25, 0.3) is 0 Å². The fourth-order valence-electron chi connectivity index (χ4n) is 4.53. The molecule has 4 heterocycles. The summed E-state index contributed by atoms with van der Waals surface area (Å²) in [5.74, 6) is -0.779. The van der Waals surface area contributed by atoms with Gasteiger partial charge >= 0.3 is 11.9 Å². The van der Waals surface area contributed by atoms with Gasteiger partial charge in [-0.25, -0.2) is 9.79 Å². The third-order valence-electron chi connectivity index (χ3n) is 6.35. The summed E-state index contributed by atoms with van der Waals surface area (Å²) in [6.45, 7) is 5.48. The number of methoxy groups -OCH3 is 1. The van der Waals surface area contributed by atoms with Crippen molar-refractivity contribution in [2.45, 2.75) is 39.2 Å². The first kappa shape index (κ1) is 26.4. The number of amides is 1. The predicted octanol–water partition coefficient (Wildman–Crippen LogP) is 3.70. The van der Waals surface area contributed by atoms with E-state index < -0.39 is 12.0 Å². The number of thioether (sulfide) groups is 1. The molecule has 0 radical (unpaired) electrons. The van der Waals surface area contributed by atoms with E-state index in [1.807, 2.05) is 39.6 Å². The molecule has 4 rings (SSSR count). The number of carbonyl (C=O) groups is 3. The van der Waals surface area contributed by atoms with Gasteiger partial charge < -0.3 is 24.0 Å². The van der Waals surface area contributed by atoms with Gasteiger partial charge in [-0.2, -0.15) is 0 Å². The Balaban J connectivity index is 1.49. The van der Waals surface area contributed by atoms with Crippen molar-refractivity contribution in [2.75, 3.05) is 40.0 Å². The Labute approximate surface area is 219 Å². The zero-order valence-corrected chi connectivity index (χ0v) is 22.4. The molecule has 3 aliphatic rings. The van der Waals surface area contributed by atoms with Crippen LogP contribution >= 0.6 is 23.1 Å². The Morgan fingerprint density at radius 3 is 2.61 bits per heavy atom. The van der Waals surface area contributed by atoms with Crippen LogP contribution in [0.1, 0.15) is 44.0 Å². The molecule has 1 atom stereocenters. The molecule has 1 fully saturated rings. The number of piperidine rings is 1. The number of esters is 2. The van der Waals surface area contributed by atoms with Crippen molar-refractivity contribution in [3.05, 3.63) is 44.8 Å². The summed E-state index contributed by atoms with van der Waals surface area (Å²) in [7, 11) is 1.55.